The standard InChI is InChI=1S/C21H19Cl2N5O3S/c22-15-4-1-5-16(18(15)23)27-7-9-28(10-8-27)17(29)11-13-12-32-21(25-13)26-20(31)14-3-2-6-24-19(14)30/h1-6,12,14H,7-11H2,(H,25,26,31). The number of dihydropyridines is 1. The average Bonchev–Trinajstić information content (AvgIpc) is 3.22. The van der Waals surface area contributed by atoms with Crippen LogP contribution in [0.5, 0.6) is 0 Å². The second kappa shape index (κ2) is 9.81. The molecule has 0 spiro atoms. The second-order valence-corrected chi connectivity index (χ2v) is 8.87. The largest absolute Gasteiger partial charge is 0.367 e. The SMILES string of the molecule is O=C1N=CC=CC1C(=O)Nc1nc(CC(=O)N2CCN(c3cccc(Cl)c3Cl)CC2)cs1. The van der Waals surface area contributed by atoms with Crippen molar-refractivity contribution in [1.82, 2.24) is 9.88 Å². The summed E-state index contributed by atoms with van der Waals surface area (Å²) in [6.45, 7) is 2.42. The van der Waals surface area contributed by atoms with Crippen molar-refractivity contribution in [3.8, 4) is 0 Å². The van der Waals surface area contributed by atoms with Gasteiger partial charge in [0.1, 0.15) is 5.92 Å². The monoisotopic (exact) mass is 491 g/mol. The number of nitrogens with zero attached hydrogens (tertiary/aromatic N) is 4. The summed E-state index contributed by atoms with van der Waals surface area (Å²) in [6.07, 6.45) is 4.52. The van der Waals surface area contributed by atoms with Gasteiger partial charge in [0.05, 0.1) is 27.8 Å². The van der Waals surface area contributed by atoms with Gasteiger partial charge in [0, 0.05) is 37.8 Å². The van der Waals surface area contributed by atoms with Crippen LogP contribution in [0.4, 0.5) is 10.8 Å². The second-order valence-electron chi connectivity index (χ2n) is 7.23. The number of aromatic nitrogens is 1. The molecule has 0 aliphatic carbocycles. The van der Waals surface area contributed by atoms with Gasteiger partial charge in [0.2, 0.25) is 11.8 Å². The fourth-order valence-electron chi connectivity index (χ4n) is 3.47. The van der Waals surface area contributed by atoms with E-state index in [4.69, 9.17) is 23.2 Å². The lowest BCUT2D eigenvalue weighted by molar-refractivity contribution is -0.131. The number of rotatable bonds is 5. The van der Waals surface area contributed by atoms with Crippen LogP contribution < -0.4 is 10.2 Å². The lowest BCUT2D eigenvalue weighted by Crippen LogP contribution is -2.49. The van der Waals surface area contributed by atoms with Gasteiger partial charge in [-0.3, -0.25) is 14.4 Å². The summed E-state index contributed by atoms with van der Waals surface area (Å²) in [5.41, 5.74) is 1.43. The number of carbonyl (C=O) groups excluding carboxylic acids is 3. The van der Waals surface area contributed by atoms with Gasteiger partial charge in [0.15, 0.2) is 5.13 Å². The predicted octanol–water partition coefficient (Wildman–Crippen LogP) is 3.06. The number of anilines is 2. The van der Waals surface area contributed by atoms with E-state index in [-0.39, 0.29) is 12.3 Å². The fourth-order valence-corrected chi connectivity index (χ4v) is 4.60. The van der Waals surface area contributed by atoms with E-state index < -0.39 is 17.7 Å². The molecule has 0 radical (unpaired) electrons. The Morgan fingerprint density at radius 3 is 2.72 bits per heavy atom. The van der Waals surface area contributed by atoms with Gasteiger partial charge in [0.25, 0.3) is 5.91 Å². The summed E-state index contributed by atoms with van der Waals surface area (Å²) in [7, 11) is 0. The van der Waals surface area contributed by atoms with E-state index in [9.17, 15) is 14.4 Å². The van der Waals surface area contributed by atoms with E-state index >= 15 is 0 Å². The van der Waals surface area contributed by atoms with Crippen LogP contribution in [0.3, 0.4) is 0 Å². The molecule has 1 aromatic heterocycles. The number of hydrogen-bond acceptors (Lipinski definition) is 6. The maximum atomic E-state index is 12.7. The van der Waals surface area contributed by atoms with Crippen LogP contribution in [0, 0.1) is 5.92 Å². The third-order valence-corrected chi connectivity index (χ3v) is 6.77. The molecular weight excluding hydrogens is 473 g/mol. The van der Waals surface area contributed by atoms with Crippen molar-refractivity contribution in [3.05, 3.63) is 51.5 Å². The van der Waals surface area contributed by atoms with Crippen molar-refractivity contribution in [2.45, 2.75) is 6.42 Å². The van der Waals surface area contributed by atoms with E-state index in [1.165, 1.54) is 23.6 Å². The molecule has 2 aliphatic rings. The van der Waals surface area contributed by atoms with Crippen LogP contribution in [0.1, 0.15) is 5.69 Å². The predicted molar refractivity (Wildman–Crippen MR) is 126 cm³/mol. The van der Waals surface area contributed by atoms with E-state index in [1.807, 2.05) is 12.1 Å². The molecule has 8 nitrogen and oxygen atoms in total. The minimum atomic E-state index is -0.960. The molecule has 3 amide bonds. The van der Waals surface area contributed by atoms with Crippen LogP contribution in [-0.2, 0) is 20.8 Å². The summed E-state index contributed by atoms with van der Waals surface area (Å²) in [5.74, 6) is -2.01. The van der Waals surface area contributed by atoms with Gasteiger partial charge in [-0.05, 0) is 18.2 Å². The number of halogens is 2. The molecule has 2 aliphatic heterocycles. The van der Waals surface area contributed by atoms with E-state index in [0.717, 1.165) is 5.69 Å². The lowest BCUT2D eigenvalue weighted by Gasteiger charge is -2.36. The quantitative estimate of drug-likeness (QED) is 0.648. The zero-order chi connectivity index (χ0) is 22.7. The van der Waals surface area contributed by atoms with E-state index in [1.54, 1.807) is 22.4 Å². The molecule has 1 unspecified atom stereocenters. The van der Waals surface area contributed by atoms with Gasteiger partial charge in [-0.25, -0.2) is 9.98 Å². The molecule has 32 heavy (non-hydrogen) atoms. The summed E-state index contributed by atoms with van der Waals surface area (Å²) >= 11 is 13.6. The van der Waals surface area contributed by atoms with E-state index in [0.29, 0.717) is 47.0 Å². The summed E-state index contributed by atoms with van der Waals surface area (Å²) in [4.78, 5) is 48.5. The number of carbonyl (C=O) groups is 3. The van der Waals surface area contributed by atoms with Crippen molar-refractivity contribution < 1.29 is 14.4 Å². The van der Waals surface area contributed by atoms with Crippen LogP contribution in [0.15, 0.2) is 40.7 Å². The summed E-state index contributed by atoms with van der Waals surface area (Å²) in [6, 6.07) is 5.52. The first-order valence-electron chi connectivity index (χ1n) is 9.89. The molecule has 1 fully saturated rings. The van der Waals surface area contributed by atoms with Crippen LogP contribution in [0.2, 0.25) is 10.0 Å². The van der Waals surface area contributed by atoms with Gasteiger partial charge < -0.3 is 15.1 Å². The maximum absolute atomic E-state index is 12.7. The van der Waals surface area contributed by atoms with Crippen molar-refractivity contribution >= 4 is 69.3 Å². The zero-order valence-electron chi connectivity index (χ0n) is 16.8. The third-order valence-electron chi connectivity index (χ3n) is 5.16. The van der Waals surface area contributed by atoms with Gasteiger partial charge in [-0.2, -0.15) is 0 Å². The molecule has 0 saturated carbocycles. The van der Waals surface area contributed by atoms with Crippen molar-refractivity contribution in [1.29, 1.82) is 0 Å². The highest BCUT2D eigenvalue weighted by Gasteiger charge is 2.26. The third kappa shape index (κ3) is 5.01. The molecule has 2 aromatic rings. The number of allylic oxidation sites excluding steroid dienone is 1. The minimum Gasteiger partial charge on any atom is -0.367 e. The summed E-state index contributed by atoms with van der Waals surface area (Å²) in [5, 5.41) is 5.71. The number of hydrogen-bond donors (Lipinski definition) is 1. The molecule has 166 valence electrons. The Morgan fingerprint density at radius 1 is 1.19 bits per heavy atom. The molecule has 4 rings (SSSR count). The van der Waals surface area contributed by atoms with Crippen LogP contribution in [-0.4, -0.2) is 60.0 Å². The van der Waals surface area contributed by atoms with Gasteiger partial charge in [-0.15, -0.1) is 11.3 Å². The highest BCUT2D eigenvalue weighted by Crippen LogP contribution is 2.33. The Kier molecular flexibility index (Phi) is 6.88. The van der Waals surface area contributed by atoms with Crippen molar-refractivity contribution in [2.24, 2.45) is 10.9 Å². The molecule has 1 aromatic carbocycles. The summed E-state index contributed by atoms with van der Waals surface area (Å²) < 4.78 is 0. The average molecular weight is 492 g/mol. The molecule has 1 saturated heterocycles. The molecule has 1 atom stereocenters. The first-order chi connectivity index (χ1) is 15.4. The van der Waals surface area contributed by atoms with Gasteiger partial charge >= 0.3 is 0 Å². The normalized spacial score (nSPS) is 18.2. The van der Waals surface area contributed by atoms with Crippen molar-refractivity contribution in [2.75, 3.05) is 36.4 Å². The Balaban J connectivity index is 1.30. The van der Waals surface area contributed by atoms with Gasteiger partial charge in [-0.1, -0.05) is 35.3 Å². The number of aliphatic imine (C=N–C) groups is 1. The number of nitrogens with one attached hydrogen (secondary N) is 1. The first kappa shape index (κ1) is 22.4. The topological polar surface area (TPSA) is 95.0 Å². The van der Waals surface area contributed by atoms with Crippen LogP contribution >= 0.6 is 34.5 Å². The maximum Gasteiger partial charge on any atom is 0.262 e. The number of piperazine rings is 1. The minimum absolute atomic E-state index is 0.0373. The lowest BCUT2D eigenvalue weighted by atomic mass is 10.1. The van der Waals surface area contributed by atoms with Crippen molar-refractivity contribution in [3.63, 3.8) is 0 Å². The van der Waals surface area contributed by atoms with Crippen LogP contribution in [0.25, 0.3) is 0 Å². The first-order valence-corrected chi connectivity index (χ1v) is 11.5. The highest BCUT2D eigenvalue weighted by atomic mass is 35.5. The smallest absolute Gasteiger partial charge is 0.262 e. The molecule has 3 heterocycles. The molecule has 0 bridgehead atoms. The number of amides is 3. The number of thiazole rings is 1. The zero-order valence-corrected chi connectivity index (χ0v) is 19.2. The fraction of sp³-hybridized carbons (Fsp3) is 0.286. The number of benzene rings is 1. The molecule has 1 N–H and O–H groups in total. The Morgan fingerprint density at radius 2 is 1.97 bits per heavy atom. The highest BCUT2D eigenvalue weighted by molar-refractivity contribution is 7.14. The molecular formula is C21H19Cl2N5O3S. The van der Waals surface area contributed by atoms with E-state index in [2.05, 4.69) is 20.2 Å². The Bertz CT molecular complexity index is 1110. The molecule has 11 heteroatoms. The Labute approximate surface area is 198 Å². The Hall–Kier alpha value is -2.75.